The summed E-state index contributed by atoms with van der Waals surface area (Å²) in [5, 5.41) is 2.58. The predicted molar refractivity (Wildman–Crippen MR) is 154 cm³/mol. The Bertz CT molecular complexity index is 1600. The summed E-state index contributed by atoms with van der Waals surface area (Å²) in [6, 6.07) is 3.26. The van der Waals surface area contributed by atoms with E-state index in [1.165, 1.54) is 31.6 Å². The molecule has 1 aromatic carbocycles. The number of carbonyl (C=O) groups excluding carboxylic acids is 1. The van der Waals surface area contributed by atoms with E-state index in [4.69, 9.17) is 4.74 Å². The Morgan fingerprint density at radius 3 is 2.40 bits per heavy atom. The number of aromatic nitrogens is 3. The van der Waals surface area contributed by atoms with Gasteiger partial charge in [-0.15, -0.1) is 0 Å². The maximum absolute atomic E-state index is 15.8. The van der Waals surface area contributed by atoms with E-state index in [1.807, 2.05) is 30.7 Å². The van der Waals surface area contributed by atoms with Crippen LogP contribution in [0.1, 0.15) is 35.3 Å². The second kappa shape index (κ2) is 11.7. The van der Waals surface area contributed by atoms with E-state index in [1.54, 1.807) is 6.08 Å². The molecule has 0 spiro atoms. The average Bonchev–Trinajstić information content (AvgIpc) is 3.46. The highest BCUT2D eigenvalue weighted by Gasteiger charge is 2.36. The van der Waals surface area contributed by atoms with Gasteiger partial charge in [0.2, 0.25) is 11.5 Å². The fourth-order valence-corrected chi connectivity index (χ4v) is 5.34. The maximum Gasteiger partial charge on any atom is 0.417 e. The summed E-state index contributed by atoms with van der Waals surface area (Å²) in [5.41, 5.74) is -1.85. The minimum Gasteiger partial charge on any atom is -0.494 e. The lowest BCUT2D eigenvalue weighted by molar-refractivity contribution is -0.138. The molecule has 10 nitrogen and oxygen atoms in total. The van der Waals surface area contributed by atoms with Crippen LogP contribution in [-0.4, -0.2) is 78.2 Å². The molecule has 0 aliphatic carbocycles. The van der Waals surface area contributed by atoms with Crippen molar-refractivity contribution in [1.82, 2.24) is 19.9 Å². The van der Waals surface area contributed by atoms with Gasteiger partial charge < -0.3 is 24.8 Å². The minimum absolute atomic E-state index is 0.0849. The molecule has 3 aromatic rings. The third-order valence-electron chi connectivity index (χ3n) is 7.91. The molecule has 1 saturated heterocycles. The van der Waals surface area contributed by atoms with Gasteiger partial charge in [0.25, 0.3) is 5.91 Å². The van der Waals surface area contributed by atoms with Crippen molar-refractivity contribution in [2.24, 2.45) is 0 Å². The number of piperazine rings is 1. The minimum atomic E-state index is -4.94. The van der Waals surface area contributed by atoms with Crippen molar-refractivity contribution in [3.05, 3.63) is 75.7 Å². The van der Waals surface area contributed by atoms with Gasteiger partial charge in [0, 0.05) is 56.1 Å². The largest absolute Gasteiger partial charge is 0.494 e. The van der Waals surface area contributed by atoms with Gasteiger partial charge in [0.05, 0.1) is 42.0 Å². The van der Waals surface area contributed by atoms with Crippen LogP contribution in [-0.2, 0) is 6.18 Å². The molecule has 43 heavy (non-hydrogen) atoms. The van der Waals surface area contributed by atoms with Crippen LogP contribution < -0.4 is 25.4 Å². The second-order valence-electron chi connectivity index (χ2n) is 10.7. The number of rotatable bonds is 6. The Hall–Kier alpha value is -4.46. The molecule has 2 aromatic heterocycles. The summed E-state index contributed by atoms with van der Waals surface area (Å²) in [4.78, 5) is 41.6. The Morgan fingerprint density at radius 1 is 1.09 bits per heavy atom. The number of likely N-dealkylation sites (N-methyl/N-ethyl adjacent to an activating group) is 1. The van der Waals surface area contributed by atoms with E-state index in [-0.39, 0.29) is 29.9 Å². The van der Waals surface area contributed by atoms with Gasteiger partial charge in [-0.2, -0.15) is 13.2 Å². The zero-order chi connectivity index (χ0) is 31.1. The Kier molecular flexibility index (Phi) is 8.14. The van der Waals surface area contributed by atoms with Crippen LogP contribution in [0.4, 0.5) is 34.9 Å². The number of hydrogen-bond acceptors (Lipinski definition) is 8. The number of nitrogens with one attached hydrogen (secondary N) is 2. The number of amides is 1. The smallest absolute Gasteiger partial charge is 0.417 e. The van der Waals surface area contributed by atoms with E-state index in [0.29, 0.717) is 48.7 Å². The third kappa shape index (κ3) is 6.19. The number of pyridine rings is 1. The van der Waals surface area contributed by atoms with Gasteiger partial charge >= 0.3 is 6.18 Å². The van der Waals surface area contributed by atoms with Crippen LogP contribution in [0, 0.1) is 5.82 Å². The van der Waals surface area contributed by atoms with Crippen molar-refractivity contribution in [3.8, 4) is 5.75 Å². The topological polar surface area (TPSA) is 107 Å². The molecule has 0 radical (unpaired) electrons. The highest BCUT2D eigenvalue weighted by Crippen LogP contribution is 2.37. The lowest BCUT2D eigenvalue weighted by Crippen LogP contribution is -2.55. The molecule has 1 fully saturated rings. The number of halogens is 4. The number of alkyl halides is 3. The molecule has 2 aliphatic heterocycles. The molecular formula is C29H31F4N7O3. The van der Waals surface area contributed by atoms with Crippen molar-refractivity contribution in [1.29, 1.82) is 0 Å². The second-order valence-corrected chi connectivity index (χ2v) is 10.7. The molecule has 1 amide bonds. The van der Waals surface area contributed by atoms with E-state index in [9.17, 15) is 22.8 Å². The molecule has 0 bridgehead atoms. The fraction of sp³-hybridized carbons (Fsp3) is 0.379. The van der Waals surface area contributed by atoms with Gasteiger partial charge in [0.15, 0.2) is 5.75 Å². The summed E-state index contributed by atoms with van der Waals surface area (Å²) in [7, 11) is 3.49. The first-order valence-electron chi connectivity index (χ1n) is 13.6. The molecule has 14 heteroatoms. The number of H-pyrrole nitrogens is 1. The first kappa shape index (κ1) is 30.0. The highest BCUT2D eigenvalue weighted by atomic mass is 19.4. The van der Waals surface area contributed by atoms with Crippen molar-refractivity contribution in [3.63, 3.8) is 0 Å². The highest BCUT2D eigenvalue weighted by molar-refractivity contribution is 6.07. The molecule has 2 aliphatic rings. The Balaban J connectivity index is 1.51. The summed E-state index contributed by atoms with van der Waals surface area (Å²) in [6.07, 6.45) is 0.639. The summed E-state index contributed by atoms with van der Waals surface area (Å²) >= 11 is 0. The number of ether oxygens (including phenoxy) is 1. The summed E-state index contributed by atoms with van der Waals surface area (Å²) in [6.45, 7) is 5.68. The fourth-order valence-electron chi connectivity index (χ4n) is 5.34. The predicted octanol–water partition coefficient (Wildman–Crippen LogP) is 4.02. The zero-order valence-electron chi connectivity index (χ0n) is 24.0. The standard InChI is InChI=1S/C29H31F4N7O3/c1-16-13-40(14-17(2)38(16)3)25-9-23(30)20(18-5-6-39(15-18)28-35-10-19(43-4)11-36-28)7-24(25)37-27(42)21-12-34-26(41)8-22(21)29(31,32)33/h5,7-12,16-17H,6,13-15H2,1-4H3,(H,34,41)(H,37,42). The van der Waals surface area contributed by atoms with Gasteiger partial charge in [-0.1, -0.05) is 6.08 Å². The number of methoxy groups -OCH3 is 1. The molecule has 228 valence electrons. The molecule has 2 N–H and O–H groups in total. The molecular weight excluding hydrogens is 570 g/mol. The Morgan fingerprint density at radius 2 is 1.77 bits per heavy atom. The summed E-state index contributed by atoms with van der Waals surface area (Å²) in [5.74, 6) is -0.736. The monoisotopic (exact) mass is 601 g/mol. The number of nitrogens with zero attached hydrogens (tertiary/aromatic N) is 5. The normalized spacial score (nSPS) is 19.4. The van der Waals surface area contributed by atoms with Crippen molar-refractivity contribution in [2.75, 3.05) is 55.5 Å². The molecule has 5 rings (SSSR count). The SMILES string of the molecule is COc1cnc(N2CC=C(c3cc(NC(=O)c4c[nH]c(=O)cc4C(F)(F)F)c(N4CC(C)N(C)C(C)C4)cc3F)C2)nc1. The molecule has 2 unspecified atom stereocenters. The van der Waals surface area contributed by atoms with E-state index < -0.39 is 34.6 Å². The van der Waals surface area contributed by atoms with Crippen LogP contribution >= 0.6 is 0 Å². The first-order chi connectivity index (χ1) is 20.3. The number of aromatic amines is 1. The number of carbonyl (C=O) groups is 1. The van der Waals surface area contributed by atoms with Crippen LogP contribution in [0.2, 0.25) is 0 Å². The van der Waals surface area contributed by atoms with Gasteiger partial charge in [-0.25, -0.2) is 14.4 Å². The lowest BCUT2D eigenvalue weighted by atomic mass is 10.0. The van der Waals surface area contributed by atoms with E-state index in [0.717, 1.165) is 6.20 Å². The summed E-state index contributed by atoms with van der Waals surface area (Å²) < 4.78 is 62.1. The number of anilines is 3. The third-order valence-corrected chi connectivity index (χ3v) is 7.91. The lowest BCUT2D eigenvalue weighted by Gasteiger charge is -2.44. The van der Waals surface area contributed by atoms with Crippen molar-refractivity contribution in [2.45, 2.75) is 32.1 Å². The van der Waals surface area contributed by atoms with Gasteiger partial charge in [-0.05, 0) is 38.6 Å². The molecule has 4 heterocycles. The number of hydrogen-bond donors (Lipinski definition) is 2. The quantitative estimate of drug-likeness (QED) is 0.409. The maximum atomic E-state index is 15.8. The van der Waals surface area contributed by atoms with Crippen molar-refractivity contribution < 1.29 is 27.1 Å². The average molecular weight is 602 g/mol. The van der Waals surface area contributed by atoms with Crippen LogP contribution in [0.15, 0.2) is 47.7 Å². The van der Waals surface area contributed by atoms with Crippen LogP contribution in [0.25, 0.3) is 5.57 Å². The molecule has 2 atom stereocenters. The van der Waals surface area contributed by atoms with E-state index >= 15 is 4.39 Å². The zero-order valence-corrected chi connectivity index (χ0v) is 24.0. The van der Waals surface area contributed by atoms with Gasteiger partial charge in [0.1, 0.15) is 5.82 Å². The van der Waals surface area contributed by atoms with Gasteiger partial charge in [-0.3, -0.25) is 14.5 Å². The van der Waals surface area contributed by atoms with E-state index in [2.05, 4.69) is 25.2 Å². The van der Waals surface area contributed by atoms with Crippen molar-refractivity contribution >= 4 is 28.8 Å². The number of benzene rings is 1. The van der Waals surface area contributed by atoms with Crippen LogP contribution in [0.5, 0.6) is 5.75 Å². The Labute approximate surface area is 245 Å². The first-order valence-corrected chi connectivity index (χ1v) is 13.6. The molecule has 0 saturated carbocycles. The van der Waals surface area contributed by atoms with Crippen LogP contribution in [0.3, 0.4) is 0 Å².